The summed E-state index contributed by atoms with van der Waals surface area (Å²) < 4.78 is 6.30. The number of hydrogen-bond donors (Lipinski definition) is 2. The summed E-state index contributed by atoms with van der Waals surface area (Å²) >= 11 is 7.61. The van der Waals surface area contributed by atoms with Crippen molar-refractivity contribution in [1.82, 2.24) is 5.32 Å². The van der Waals surface area contributed by atoms with Gasteiger partial charge in [0.1, 0.15) is 0 Å². The lowest BCUT2D eigenvalue weighted by Gasteiger charge is -2.09. The summed E-state index contributed by atoms with van der Waals surface area (Å²) in [5.74, 6) is 0.386. The van der Waals surface area contributed by atoms with Gasteiger partial charge < -0.3 is 10.1 Å². The number of nitrogens with one attached hydrogen (secondary N) is 1. The van der Waals surface area contributed by atoms with Crippen molar-refractivity contribution in [3.05, 3.63) is 28.2 Å². The summed E-state index contributed by atoms with van der Waals surface area (Å²) in [5, 5.41) is 2.80. The standard InChI is InChI=1S/C13H18BrNO2S/c1-9(2)8-17-6-5-15-13(16)11-4-3-10(14)7-12(11)18/h3-4,7,9,18H,5-6,8H2,1-2H3,(H,15,16). The van der Waals surface area contributed by atoms with Gasteiger partial charge in [-0.05, 0) is 24.1 Å². The van der Waals surface area contributed by atoms with Crippen molar-refractivity contribution in [3.63, 3.8) is 0 Å². The fourth-order valence-electron chi connectivity index (χ4n) is 1.35. The van der Waals surface area contributed by atoms with Gasteiger partial charge in [-0.25, -0.2) is 0 Å². The van der Waals surface area contributed by atoms with Gasteiger partial charge in [0, 0.05) is 22.5 Å². The van der Waals surface area contributed by atoms with Crippen LogP contribution in [0.5, 0.6) is 0 Å². The average molecular weight is 332 g/mol. The molecule has 0 aromatic heterocycles. The Balaban J connectivity index is 2.36. The predicted octanol–water partition coefficient (Wildman–Crippen LogP) is 3.14. The van der Waals surface area contributed by atoms with Crippen LogP contribution in [-0.2, 0) is 4.74 Å². The topological polar surface area (TPSA) is 38.3 Å². The SMILES string of the molecule is CC(C)COCCNC(=O)c1ccc(Br)cc1S. The Bertz CT molecular complexity index is 410. The van der Waals surface area contributed by atoms with Gasteiger partial charge in [-0.3, -0.25) is 4.79 Å². The third-order valence-corrected chi connectivity index (χ3v) is 3.05. The second kappa shape index (κ2) is 7.81. The Morgan fingerprint density at radius 3 is 2.83 bits per heavy atom. The van der Waals surface area contributed by atoms with E-state index in [-0.39, 0.29) is 5.91 Å². The number of hydrogen-bond acceptors (Lipinski definition) is 3. The maximum Gasteiger partial charge on any atom is 0.252 e. The first-order valence-corrected chi connectivity index (χ1v) is 7.09. The van der Waals surface area contributed by atoms with Gasteiger partial charge in [0.05, 0.1) is 12.2 Å². The van der Waals surface area contributed by atoms with Crippen LogP contribution in [0.3, 0.4) is 0 Å². The van der Waals surface area contributed by atoms with Crippen LogP contribution < -0.4 is 5.32 Å². The third kappa shape index (κ3) is 5.42. The molecule has 1 N–H and O–H groups in total. The molecule has 0 aliphatic heterocycles. The molecule has 0 aliphatic carbocycles. The van der Waals surface area contributed by atoms with Gasteiger partial charge in [-0.1, -0.05) is 29.8 Å². The molecule has 0 atom stereocenters. The van der Waals surface area contributed by atoms with Crippen molar-refractivity contribution in [3.8, 4) is 0 Å². The van der Waals surface area contributed by atoms with Crippen molar-refractivity contribution >= 4 is 34.5 Å². The number of amides is 1. The molecular formula is C13H18BrNO2S. The second-order valence-corrected chi connectivity index (χ2v) is 5.78. The molecule has 1 amide bonds. The highest BCUT2D eigenvalue weighted by molar-refractivity contribution is 9.10. The van der Waals surface area contributed by atoms with Crippen LogP contribution in [0.1, 0.15) is 24.2 Å². The van der Waals surface area contributed by atoms with Gasteiger partial charge in [0.2, 0.25) is 0 Å². The zero-order chi connectivity index (χ0) is 13.5. The molecule has 5 heteroatoms. The molecule has 0 heterocycles. The Hall–Kier alpha value is -0.520. The zero-order valence-corrected chi connectivity index (χ0v) is 13.1. The third-order valence-electron chi connectivity index (χ3n) is 2.19. The maximum absolute atomic E-state index is 11.8. The summed E-state index contributed by atoms with van der Waals surface area (Å²) in [4.78, 5) is 12.5. The monoisotopic (exact) mass is 331 g/mol. The van der Waals surface area contributed by atoms with Crippen molar-refractivity contribution in [2.24, 2.45) is 5.92 Å². The van der Waals surface area contributed by atoms with Crippen LogP contribution in [0.4, 0.5) is 0 Å². The molecule has 1 aromatic carbocycles. The molecule has 0 bridgehead atoms. The lowest BCUT2D eigenvalue weighted by Crippen LogP contribution is -2.28. The number of rotatable bonds is 6. The van der Waals surface area contributed by atoms with Crippen molar-refractivity contribution in [2.75, 3.05) is 19.8 Å². The molecule has 0 aliphatic rings. The first-order chi connectivity index (χ1) is 8.50. The Morgan fingerprint density at radius 1 is 1.50 bits per heavy atom. The number of benzene rings is 1. The highest BCUT2D eigenvalue weighted by Gasteiger charge is 2.08. The maximum atomic E-state index is 11.8. The minimum Gasteiger partial charge on any atom is -0.379 e. The summed E-state index contributed by atoms with van der Waals surface area (Å²) in [6.07, 6.45) is 0. The summed E-state index contributed by atoms with van der Waals surface area (Å²) in [7, 11) is 0. The Kier molecular flexibility index (Phi) is 6.75. The highest BCUT2D eigenvalue weighted by Crippen LogP contribution is 2.19. The van der Waals surface area contributed by atoms with Gasteiger partial charge in [-0.2, -0.15) is 0 Å². The molecule has 1 aromatic rings. The van der Waals surface area contributed by atoms with Crippen LogP contribution >= 0.6 is 28.6 Å². The normalized spacial score (nSPS) is 10.7. The van der Waals surface area contributed by atoms with Crippen LogP contribution in [0, 0.1) is 5.92 Å². The van der Waals surface area contributed by atoms with Crippen LogP contribution in [0.2, 0.25) is 0 Å². The van der Waals surface area contributed by atoms with Crippen LogP contribution in [0.15, 0.2) is 27.6 Å². The lowest BCUT2D eigenvalue weighted by molar-refractivity contribution is 0.0884. The van der Waals surface area contributed by atoms with E-state index < -0.39 is 0 Å². The number of ether oxygens (including phenoxy) is 1. The van der Waals surface area contributed by atoms with Gasteiger partial charge in [0.15, 0.2) is 0 Å². The quantitative estimate of drug-likeness (QED) is 0.620. The van der Waals surface area contributed by atoms with Gasteiger partial charge in [0.25, 0.3) is 5.91 Å². The molecule has 100 valence electrons. The largest absolute Gasteiger partial charge is 0.379 e. The van der Waals surface area contributed by atoms with E-state index in [1.165, 1.54) is 0 Å². The molecule has 3 nitrogen and oxygen atoms in total. The molecular weight excluding hydrogens is 314 g/mol. The fraction of sp³-hybridized carbons (Fsp3) is 0.462. The average Bonchev–Trinajstić information content (AvgIpc) is 2.27. The van der Waals surface area contributed by atoms with Crippen molar-refractivity contribution < 1.29 is 9.53 Å². The van der Waals surface area contributed by atoms with Crippen LogP contribution in [-0.4, -0.2) is 25.7 Å². The summed E-state index contributed by atoms with van der Waals surface area (Å²) in [5.41, 5.74) is 0.574. The van der Waals surface area contributed by atoms with Gasteiger partial charge in [-0.15, -0.1) is 12.6 Å². The summed E-state index contributed by atoms with van der Waals surface area (Å²) in [6, 6.07) is 5.37. The Labute approximate surface area is 122 Å². The minimum atomic E-state index is -0.124. The lowest BCUT2D eigenvalue weighted by atomic mass is 10.2. The second-order valence-electron chi connectivity index (χ2n) is 4.39. The van der Waals surface area contributed by atoms with E-state index >= 15 is 0 Å². The number of thiol groups is 1. The molecule has 0 saturated carbocycles. The molecule has 0 fully saturated rings. The molecule has 0 radical (unpaired) electrons. The van der Waals surface area contributed by atoms with Gasteiger partial charge >= 0.3 is 0 Å². The number of carbonyl (C=O) groups excluding carboxylic acids is 1. The number of carbonyl (C=O) groups is 1. The predicted molar refractivity (Wildman–Crippen MR) is 79.4 cm³/mol. The minimum absolute atomic E-state index is 0.124. The Morgan fingerprint density at radius 2 is 2.22 bits per heavy atom. The molecule has 0 unspecified atom stereocenters. The molecule has 0 saturated heterocycles. The first kappa shape index (κ1) is 15.5. The van der Waals surface area contributed by atoms with E-state index in [1.807, 2.05) is 6.07 Å². The molecule has 0 spiro atoms. The van der Waals surface area contributed by atoms with Crippen molar-refractivity contribution in [1.29, 1.82) is 0 Å². The van der Waals surface area contributed by atoms with Crippen LogP contribution in [0.25, 0.3) is 0 Å². The van der Waals surface area contributed by atoms with Crippen molar-refractivity contribution in [2.45, 2.75) is 18.7 Å². The number of halogens is 1. The molecule has 18 heavy (non-hydrogen) atoms. The fourth-order valence-corrected chi connectivity index (χ4v) is 2.20. The van der Waals surface area contributed by atoms with E-state index in [0.29, 0.717) is 36.1 Å². The van der Waals surface area contributed by atoms with E-state index in [2.05, 4.69) is 47.7 Å². The van der Waals surface area contributed by atoms with E-state index in [9.17, 15) is 4.79 Å². The summed E-state index contributed by atoms with van der Waals surface area (Å²) in [6.45, 7) is 5.93. The smallest absolute Gasteiger partial charge is 0.252 e. The highest BCUT2D eigenvalue weighted by atomic mass is 79.9. The first-order valence-electron chi connectivity index (χ1n) is 5.85. The zero-order valence-electron chi connectivity index (χ0n) is 10.6. The van der Waals surface area contributed by atoms with E-state index in [0.717, 1.165) is 4.47 Å². The van der Waals surface area contributed by atoms with E-state index in [4.69, 9.17) is 4.74 Å². The molecule has 1 rings (SSSR count). The van der Waals surface area contributed by atoms with E-state index in [1.54, 1.807) is 12.1 Å².